The summed E-state index contributed by atoms with van der Waals surface area (Å²) in [6, 6.07) is 6.51. The lowest BCUT2D eigenvalue weighted by molar-refractivity contribution is -0.142. The molecule has 2 rings (SSSR count). The highest BCUT2D eigenvalue weighted by Crippen LogP contribution is 2.21. The van der Waals surface area contributed by atoms with Crippen LogP contribution in [0.25, 0.3) is 0 Å². The molecule has 0 saturated heterocycles. The predicted octanol–water partition coefficient (Wildman–Crippen LogP) is 4.02. The van der Waals surface area contributed by atoms with Gasteiger partial charge in [0.1, 0.15) is 6.04 Å². The Morgan fingerprint density at radius 2 is 1.62 bits per heavy atom. The van der Waals surface area contributed by atoms with Gasteiger partial charge in [-0.15, -0.1) is 22.7 Å². The molecule has 0 fully saturated rings. The van der Waals surface area contributed by atoms with Crippen molar-refractivity contribution in [3.05, 3.63) is 44.8 Å². The van der Waals surface area contributed by atoms with Crippen LogP contribution in [-0.4, -0.2) is 28.0 Å². The van der Waals surface area contributed by atoms with E-state index >= 15 is 0 Å². The zero-order valence-corrected chi connectivity index (χ0v) is 15.6. The van der Waals surface area contributed by atoms with Crippen molar-refractivity contribution in [1.29, 1.82) is 0 Å². The normalized spacial score (nSPS) is 12.6. The molecule has 0 spiro atoms. The monoisotopic (exact) mass is 366 g/mol. The summed E-state index contributed by atoms with van der Waals surface area (Å²) in [5, 5.41) is 16.0. The van der Waals surface area contributed by atoms with Gasteiger partial charge in [0.15, 0.2) is 0 Å². The lowest BCUT2D eigenvalue weighted by atomic mass is 9.87. The number of carbonyl (C=O) groups is 2. The average Bonchev–Trinajstić information content (AvgIpc) is 3.15. The molecule has 0 aromatic carbocycles. The fraction of sp³-hybridized carbons (Fsp3) is 0.412. The fourth-order valence-electron chi connectivity index (χ4n) is 2.24. The lowest BCUT2D eigenvalue weighted by Gasteiger charge is -2.31. The van der Waals surface area contributed by atoms with Crippen LogP contribution in [0.3, 0.4) is 0 Å². The fourth-order valence-corrected chi connectivity index (χ4v) is 3.68. The van der Waals surface area contributed by atoms with Gasteiger partial charge >= 0.3 is 12.0 Å². The quantitative estimate of drug-likeness (QED) is 0.811. The molecule has 2 aromatic rings. The van der Waals surface area contributed by atoms with E-state index in [1.165, 1.54) is 0 Å². The van der Waals surface area contributed by atoms with Gasteiger partial charge < -0.3 is 15.3 Å². The largest absolute Gasteiger partial charge is 0.480 e. The smallest absolute Gasteiger partial charge is 0.326 e. The number of hydrogen-bond donors (Lipinski definition) is 2. The van der Waals surface area contributed by atoms with Crippen LogP contribution in [0.5, 0.6) is 0 Å². The summed E-state index contributed by atoms with van der Waals surface area (Å²) in [6.07, 6.45) is 0. The summed E-state index contributed by atoms with van der Waals surface area (Å²) in [7, 11) is 0. The first-order valence-corrected chi connectivity index (χ1v) is 9.36. The Morgan fingerprint density at radius 1 is 1.12 bits per heavy atom. The number of carboxylic acid groups (broad SMARTS) is 1. The van der Waals surface area contributed by atoms with Gasteiger partial charge in [-0.05, 0) is 28.3 Å². The van der Waals surface area contributed by atoms with Gasteiger partial charge in [0.2, 0.25) is 0 Å². The number of amides is 2. The number of carboxylic acids is 1. The predicted molar refractivity (Wildman–Crippen MR) is 97.3 cm³/mol. The van der Waals surface area contributed by atoms with Crippen LogP contribution in [-0.2, 0) is 17.9 Å². The summed E-state index contributed by atoms with van der Waals surface area (Å²) in [4.78, 5) is 28.0. The van der Waals surface area contributed by atoms with Gasteiger partial charge in [0.05, 0.1) is 13.1 Å². The molecular formula is C17H22N2O3S2. The second-order valence-corrected chi connectivity index (χ2v) is 8.67. The van der Waals surface area contributed by atoms with Crippen LogP contribution in [0.15, 0.2) is 35.0 Å². The van der Waals surface area contributed by atoms with E-state index in [-0.39, 0.29) is 6.03 Å². The van der Waals surface area contributed by atoms with Crippen molar-refractivity contribution in [2.45, 2.75) is 39.9 Å². The molecule has 2 aromatic heterocycles. The molecule has 5 nitrogen and oxygen atoms in total. The van der Waals surface area contributed by atoms with Gasteiger partial charge in [-0.2, -0.15) is 0 Å². The third kappa shape index (κ3) is 5.07. The van der Waals surface area contributed by atoms with Gasteiger partial charge in [-0.25, -0.2) is 9.59 Å². The summed E-state index contributed by atoms with van der Waals surface area (Å²) < 4.78 is 0. The number of carbonyl (C=O) groups excluding carboxylic acids is 1. The maximum Gasteiger partial charge on any atom is 0.326 e. The minimum atomic E-state index is -1.02. The minimum absolute atomic E-state index is 0.362. The molecule has 24 heavy (non-hydrogen) atoms. The number of nitrogens with one attached hydrogen (secondary N) is 1. The Kier molecular flexibility index (Phi) is 6.01. The van der Waals surface area contributed by atoms with Gasteiger partial charge in [0.25, 0.3) is 0 Å². The van der Waals surface area contributed by atoms with Crippen LogP contribution in [0.2, 0.25) is 0 Å². The van der Waals surface area contributed by atoms with E-state index in [1.54, 1.807) is 48.3 Å². The van der Waals surface area contributed by atoms with Crippen LogP contribution in [0.4, 0.5) is 4.79 Å². The molecule has 2 N–H and O–H groups in total. The van der Waals surface area contributed by atoms with E-state index in [9.17, 15) is 14.7 Å². The number of urea groups is 1. The maximum atomic E-state index is 12.7. The number of hydrogen-bond acceptors (Lipinski definition) is 4. The van der Waals surface area contributed by atoms with Crippen LogP contribution in [0.1, 0.15) is 30.5 Å². The molecule has 0 radical (unpaired) electrons. The number of thiophene rings is 2. The topological polar surface area (TPSA) is 69.6 Å². The lowest BCUT2D eigenvalue weighted by Crippen LogP contribution is -2.52. The highest BCUT2D eigenvalue weighted by Gasteiger charge is 2.33. The van der Waals surface area contributed by atoms with Crippen molar-refractivity contribution in [3.63, 3.8) is 0 Å². The van der Waals surface area contributed by atoms with Crippen molar-refractivity contribution in [3.8, 4) is 0 Å². The van der Waals surface area contributed by atoms with E-state index in [2.05, 4.69) is 5.32 Å². The summed E-state index contributed by atoms with van der Waals surface area (Å²) >= 11 is 3.15. The summed E-state index contributed by atoms with van der Waals surface area (Å²) in [6.45, 7) is 6.31. The molecule has 130 valence electrons. The molecule has 1 atom stereocenters. The minimum Gasteiger partial charge on any atom is -0.480 e. The molecule has 0 aliphatic carbocycles. The Bertz CT molecular complexity index is 624. The van der Waals surface area contributed by atoms with Crippen molar-refractivity contribution >= 4 is 34.7 Å². The Hall–Kier alpha value is -1.86. The molecule has 7 heteroatoms. The van der Waals surface area contributed by atoms with Crippen molar-refractivity contribution < 1.29 is 14.7 Å². The van der Waals surface area contributed by atoms with Gasteiger partial charge in [-0.3, -0.25) is 0 Å². The van der Waals surface area contributed by atoms with E-state index in [4.69, 9.17) is 0 Å². The second kappa shape index (κ2) is 7.81. The first kappa shape index (κ1) is 18.5. The van der Waals surface area contributed by atoms with E-state index in [0.717, 1.165) is 9.75 Å². The second-order valence-electron chi connectivity index (χ2n) is 6.60. The van der Waals surface area contributed by atoms with Crippen LogP contribution in [0, 0.1) is 5.41 Å². The van der Waals surface area contributed by atoms with Gasteiger partial charge in [-0.1, -0.05) is 32.9 Å². The molecule has 0 aliphatic rings. The third-order valence-corrected chi connectivity index (χ3v) is 5.24. The molecule has 0 aliphatic heterocycles. The molecule has 0 saturated carbocycles. The van der Waals surface area contributed by atoms with Crippen molar-refractivity contribution in [1.82, 2.24) is 10.2 Å². The van der Waals surface area contributed by atoms with Crippen molar-refractivity contribution in [2.75, 3.05) is 0 Å². The molecule has 0 bridgehead atoms. The number of nitrogens with zero attached hydrogens (tertiary/aromatic N) is 1. The number of aliphatic carboxylic acids is 1. The SMILES string of the molecule is CC(C)(C)C(NC(=O)N(Cc1cccs1)Cc1cccs1)C(=O)O. The Morgan fingerprint density at radius 3 is 1.96 bits per heavy atom. The van der Waals surface area contributed by atoms with Crippen molar-refractivity contribution in [2.24, 2.45) is 5.41 Å². The van der Waals surface area contributed by atoms with Crippen LogP contribution < -0.4 is 5.32 Å². The zero-order chi connectivity index (χ0) is 17.7. The van der Waals surface area contributed by atoms with Crippen LogP contribution >= 0.6 is 22.7 Å². The molecule has 2 heterocycles. The third-order valence-electron chi connectivity index (χ3n) is 3.52. The highest BCUT2D eigenvalue weighted by atomic mass is 32.1. The van der Waals surface area contributed by atoms with Gasteiger partial charge in [0, 0.05) is 9.75 Å². The summed E-state index contributed by atoms with van der Waals surface area (Å²) in [5.74, 6) is -1.02. The highest BCUT2D eigenvalue weighted by molar-refractivity contribution is 7.10. The first-order chi connectivity index (χ1) is 11.3. The van der Waals surface area contributed by atoms with E-state index in [0.29, 0.717) is 13.1 Å². The standard InChI is InChI=1S/C17H22N2O3S2/c1-17(2,3)14(15(20)21)18-16(22)19(10-12-6-4-8-23-12)11-13-7-5-9-24-13/h4-9,14H,10-11H2,1-3H3,(H,18,22)(H,20,21). The Balaban J connectivity index is 2.15. The average molecular weight is 367 g/mol. The van der Waals surface area contributed by atoms with E-state index in [1.807, 2.05) is 35.0 Å². The maximum absolute atomic E-state index is 12.7. The zero-order valence-electron chi connectivity index (χ0n) is 14.0. The first-order valence-electron chi connectivity index (χ1n) is 7.60. The Labute approximate surface area is 149 Å². The molecule has 2 amide bonds. The summed E-state index contributed by atoms with van der Waals surface area (Å²) in [5.41, 5.74) is -0.570. The molecular weight excluding hydrogens is 344 g/mol. The number of rotatable bonds is 6. The van der Waals surface area contributed by atoms with E-state index < -0.39 is 17.4 Å². The molecule has 1 unspecified atom stereocenters.